The fourth-order valence-corrected chi connectivity index (χ4v) is 3.35. The lowest BCUT2D eigenvalue weighted by atomic mass is 10.2. The van der Waals surface area contributed by atoms with E-state index in [-0.39, 0.29) is 16.3 Å². The van der Waals surface area contributed by atoms with Crippen molar-refractivity contribution < 1.29 is 27.3 Å². The summed E-state index contributed by atoms with van der Waals surface area (Å²) in [5.74, 6) is -1.25. The van der Waals surface area contributed by atoms with Crippen LogP contribution in [0.15, 0.2) is 52.5 Å². The normalized spacial score (nSPS) is 11.6. The van der Waals surface area contributed by atoms with E-state index < -0.39 is 33.2 Å². The summed E-state index contributed by atoms with van der Waals surface area (Å²) >= 11 is 0. The zero-order valence-corrected chi connectivity index (χ0v) is 16.2. The Balaban J connectivity index is 2.01. The highest BCUT2D eigenvalue weighted by molar-refractivity contribution is 7.89. The van der Waals surface area contributed by atoms with E-state index >= 15 is 0 Å². The van der Waals surface area contributed by atoms with Crippen LogP contribution in [0.5, 0.6) is 5.75 Å². The van der Waals surface area contributed by atoms with E-state index in [1.54, 1.807) is 0 Å². The summed E-state index contributed by atoms with van der Waals surface area (Å²) in [5, 5.41) is 14.7. The maximum Gasteiger partial charge on any atom is 0.311 e. The van der Waals surface area contributed by atoms with E-state index in [2.05, 4.69) is 10.5 Å². The third-order valence-electron chi connectivity index (χ3n) is 3.69. The van der Waals surface area contributed by atoms with Gasteiger partial charge < -0.3 is 4.74 Å². The minimum atomic E-state index is -3.99. The fraction of sp³-hybridized carbons (Fsp3) is 0.176. The average Bonchev–Trinajstić information content (AvgIpc) is 2.68. The molecule has 0 bridgehead atoms. The van der Waals surface area contributed by atoms with Crippen LogP contribution in [-0.4, -0.2) is 50.5 Å². The zero-order chi connectivity index (χ0) is 21.6. The molecule has 10 nitrogen and oxygen atoms in total. The van der Waals surface area contributed by atoms with Gasteiger partial charge in [-0.05, 0) is 36.4 Å². The zero-order valence-electron chi connectivity index (χ0n) is 15.4. The first kappa shape index (κ1) is 21.9. The molecule has 0 aliphatic carbocycles. The lowest BCUT2D eigenvalue weighted by Gasteiger charge is -2.16. The smallest absolute Gasteiger partial charge is 0.311 e. The van der Waals surface area contributed by atoms with Gasteiger partial charge in [0.25, 0.3) is 5.91 Å². The van der Waals surface area contributed by atoms with E-state index in [1.807, 2.05) is 0 Å². The van der Waals surface area contributed by atoms with Crippen molar-refractivity contribution in [2.24, 2.45) is 5.10 Å². The van der Waals surface area contributed by atoms with Gasteiger partial charge in [-0.15, -0.1) is 0 Å². The van der Waals surface area contributed by atoms with Gasteiger partial charge in [0.05, 0.1) is 29.7 Å². The lowest BCUT2D eigenvalue weighted by molar-refractivity contribution is -0.385. The Bertz CT molecular complexity index is 1040. The average molecular weight is 424 g/mol. The largest absolute Gasteiger partial charge is 0.490 e. The summed E-state index contributed by atoms with van der Waals surface area (Å²) in [5.41, 5.74) is 2.19. The molecule has 29 heavy (non-hydrogen) atoms. The Morgan fingerprint density at radius 1 is 1.31 bits per heavy atom. The molecule has 0 spiro atoms. The van der Waals surface area contributed by atoms with E-state index in [0.717, 1.165) is 28.6 Å². The Labute approximate surface area is 165 Å². The standard InChI is InChI=1S/C17H17FN4O6S/c1-21(29(26,27)14-6-4-13(18)5-7-14)11-17(23)20-19-10-12-3-8-16(28-2)15(9-12)22(24)25/h3-10H,11H2,1-2H3,(H,20,23). The summed E-state index contributed by atoms with van der Waals surface area (Å²) in [6.45, 7) is -0.542. The number of likely N-dealkylation sites (N-methyl/N-ethyl adjacent to an activating group) is 1. The van der Waals surface area contributed by atoms with Crippen LogP contribution in [0.4, 0.5) is 10.1 Å². The van der Waals surface area contributed by atoms with Crippen molar-refractivity contribution in [1.29, 1.82) is 0 Å². The van der Waals surface area contributed by atoms with Crippen molar-refractivity contribution in [1.82, 2.24) is 9.73 Å². The van der Waals surface area contributed by atoms with Gasteiger partial charge in [-0.3, -0.25) is 14.9 Å². The molecular formula is C17H17FN4O6S. The molecule has 0 fully saturated rings. The van der Waals surface area contributed by atoms with Crippen molar-refractivity contribution in [2.45, 2.75) is 4.90 Å². The van der Waals surface area contributed by atoms with Gasteiger partial charge in [0.2, 0.25) is 10.0 Å². The Hall–Kier alpha value is -3.38. The molecule has 0 aliphatic rings. The third kappa shape index (κ3) is 5.56. The van der Waals surface area contributed by atoms with Crippen LogP contribution in [0.1, 0.15) is 5.56 Å². The molecule has 0 atom stereocenters. The van der Waals surface area contributed by atoms with Crippen LogP contribution in [0.3, 0.4) is 0 Å². The number of carbonyl (C=O) groups is 1. The number of carbonyl (C=O) groups excluding carboxylic acids is 1. The quantitative estimate of drug-likeness (QED) is 0.388. The highest BCUT2D eigenvalue weighted by Gasteiger charge is 2.22. The highest BCUT2D eigenvalue weighted by atomic mass is 32.2. The van der Waals surface area contributed by atoms with Crippen LogP contribution in [0, 0.1) is 15.9 Å². The highest BCUT2D eigenvalue weighted by Crippen LogP contribution is 2.26. The first-order chi connectivity index (χ1) is 13.6. The molecule has 0 radical (unpaired) electrons. The molecule has 1 amide bonds. The lowest BCUT2D eigenvalue weighted by Crippen LogP contribution is -2.36. The maximum absolute atomic E-state index is 12.9. The van der Waals surface area contributed by atoms with Gasteiger partial charge in [-0.1, -0.05) is 0 Å². The Morgan fingerprint density at radius 3 is 2.55 bits per heavy atom. The van der Waals surface area contributed by atoms with E-state index in [4.69, 9.17) is 4.74 Å². The second-order valence-electron chi connectivity index (χ2n) is 5.70. The minimum Gasteiger partial charge on any atom is -0.490 e. The van der Waals surface area contributed by atoms with Crippen molar-refractivity contribution in [2.75, 3.05) is 20.7 Å². The predicted octanol–water partition coefficient (Wildman–Crippen LogP) is 1.51. The molecular weight excluding hydrogens is 407 g/mol. The molecule has 0 aliphatic heterocycles. The number of nitrogens with zero attached hydrogens (tertiary/aromatic N) is 3. The van der Waals surface area contributed by atoms with Gasteiger partial charge in [0.15, 0.2) is 5.75 Å². The molecule has 0 unspecified atom stereocenters. The van der Waals surface area contributed by atoms with Crippen molar-refractivity contribution >= 4 is 27.8 Å². The Morgan fingerprint density at radius 2 is 1.97 bits per heavy atom. The number of halogens is 1. The number of rotatable bonds is 8. The number of methoxy groups -OCH3 is 1. The number of sulfonamides is 1. The van der Waals surface area contributed by atoms with Crippen molar-refractivity contribution in [3.8, 4) is 5.75 Å². The Kier molecular flexibility index (Phi) is 6.96. The molecule has 12 heteroatoms. The summed E-state index contributed by atoms with van der Waals surface area (Å²) < 4.78 is 43.3. The van der Waals surface area contributed by atoms with Gasteiger partial charge in [0.1, 0.15) is 5.82 Å². The number of hydrogen-bond acceptors (Lipinski definition) is 7. The number of hydrogen-bond donors (Lipinski definition) is 1. The second kappa shape index (κ2) is 9.21. The molecule has 0 aromatic heterocycles. The molecule has 1 N–H and O–H groups in total. The fourth-order valence-electron chi connectivity index (χ4n) is 2.22. The number of nitrogens with one attached hydrogen (secondary N) is 1. The van der Waals surface area contributed by atoms with E-state index in [0.29, 0.717) is 5.56 Å². The molecule has 2 rings (SSSR count). The first-order valence-electron chi connectivity index (χ1n) is 8.01. The predicted molar refractivity (Wildman–Crippen MR) is 102 cm³/mol. The van der Waals surface area contributed by atoms with Crippen LogP contribution in [0.25, 0.3) is 0 Å². The number of benzene rings is 2. The van der Waals surface area contributed by atoms with Crippen LogP contribution in [-0.2, 0) is 14.8 Å². The van der Waals surface area contributed by atoms with Crippen molar-refractivity contribution in [3.05, 3.63) is 64.0 Å². The molecule has 0 heterocycles. The first-order valence-corrected chi connectivity index (χ1v) is 9.45. The van der Waals surface area contributed by atoms with Crippen LogP contribution >= 0.6 is 0 Å². The summed E-state index contributed by atoms with van der Waals surface area (Å²) in [4.78, 5) is 22.1. The SMILES string of the molecule is COc1ccc(C=NNC(=O)CN(C)S(=O)(=O)c2ccc(F)cc2)cc1[N+](=O)[O-]. The molecule has 0 saturated carbocycles. The number of hydrazone groups is 1. The monoisotopic (exact) mass is 424 g/mol. The number of nitro benzene ring substituents is 1. The second-order valence-corrected chi connectivity index (χ2v) is 7.74. The number of amides is 1. The number of ether oxygens (including phenoxy) is 1. The van der Waals surface area contributed by atoms with Crippen molar-refractivity contribution in [3.63, 3.8) is 0 Å². The minimum absolute atomic E-state index is 0.0730. The summed E-state index contributed by atoms with van der Waals surface area (Å²) in [7, 11) is -1.50. The van der Waals surface area contributed by atoms with Gasteiger partial charge in [-0.25, -0.2) is 18.2 Å². The maximum atomic E-state index is 12.9. The van der Waals surface area contributed by atoms with Crippen LogP contribution < -0.4 is 10.2 Å². The van der Waals surface area contributed by atoms with Gasteiger partial charge in [-0.2, -0.15) is 9.41 Å². The molecule has 2 aromatic rings. The van der Waals surface area contributed by atoms with Crippen LogP contribution in [0.2, 0.25) is 0 Å². The van der Waals surface area contributed by atoms with Gasteiger partial charge >= 0.3 is 5.69 Å². The van der Waals surface area contributed by atoms with Gasteiger partial charge in [0, 0.05) is 18.7 Å². The molecule has 0 saturated heterocycles. The van der Waals surface area contributed by atoms with E-state index in [1.165, 1.54) is 38.6 Å². The topological polar surface area (TPSA) is 131 Å². The summed E-state index contributed by atoms with van der Waals surface area (Å²) in [6.07, 6.45) is 1.17. The third-order valence-corrected chi connectivity index (χ3v) is 5.51. The number of nitro groups is 1. The van der Waals surface area contributed by atoms with E-state index in [9.17, 15) is 27.7 Å². The molecule has 154 valence electrons. The summed E-state index contributed by atoms with van der Waals surface area (Å²) in [6, 6.07) is 8.26. The molecule has 2 aromatic carbocycles.